The van der Waals surface area contributed by atoms with Crippen LogP contribution in [-0.2, 0) is 9.84 Å². The van der Waals surface area contributed by atoms with Gasteiger partial charge in [-0.3, -0.25) is 0 Å². The van der Waals surface area contributed by atoms with Crippen molar-refractivity contribution in [1.82, 2.24) is 4.98 Å². The van der Waals surface area contributed by atoms with E-state index in [1.165, 1.54) is 6.07 Å². The average Bonchev–Trinajstić information content (AvgIpc) is 2.02. The van der Waals surface area contributed by atoms with Gasteiger partial charge < -0.3 is 5.32 Å². The highest BCUT2D eigenvalue weighted by Gasteiger charge is 2.16. The fraction of sp³-hybridized carbons (Fsp3) is 0.286. The number of rotatable bonds is 2. The van der Waals surface area contributed by atoms with Crippen molar-refractivity contribution in [3.05, 3.63) is 16.1 Å². The largest absolute Gasteiger partial charge is 0.372 e. The van der Waals surface area contributed by atoms with Crippen molar-refractivity contribution in [1.29, 1.82) is 0 Å². The Morgan fingerprint density at radius 3 is 2.36 bits per heavy atom. The van der Waals surface area contributed by atoms with E-state index in [9.17, 15) is 8.42 Å². The van der Waals surface area contributed by atoms with Gasteiger partial charge in [-0.25, -0.2) is 13.4 Å². The van der Waals surface area contributed by atoms with E-state index < -0.39 is 9.84 Å². The Morgan fingerprint density at radius 2 is 1.93 bits per heavy atom. The number of nitrogens with zero attached hydrogens (tertiary/aromatic N) is 1. The molecule has 1 aromatic heterocycles. The van der Waals surface area contributed by atoms with Gasteiger partial charge in [-0.05, 0) is 6.07 Å². The molecule has 0 saturated carbocycles. The molecule has 78 valence electrons. The summed E-state index contributed by atoms with van der Waals surface area (Å²) in [5.41, 5.74) is 0. The summed E-state index contributed by atoms with van der Waals surface area (Å²) in [6.07, 6.45) is 1.04. The average molecular weight is 255 g/mol. The molecule has 0 amide bonds. The number of halogens is 2. The lowest BCUT2D eigenvalue weighted by Crippen LogP contribution is -2.04. The van der Waals surface area contributed by atoms with E-state index in [-0.39, 0.29) is 20.9 Å². The van der Waals surface area contributed by atoms with Gasteiger partial charge in [0.2, 0.25) is 0 Å². The van der Waals surface area contributed by atoms with E-state index in [1.807, 2.05) is 0 Å². The summed E-state index contributed by atoms with van der Waals surface area (Å²) in [5.74, 6) is 0.288. The molecule has 7 heteroatoms. The Labute approximate surface area is 92.2 Å². The first-order valence-corrected chi connectivity index (χ1v) is 6.25. The topological polar surface area (TPSA) is 59.1 Å². The lowest BCUT2D eigenvalue weighted by atomic mass is 10.4. The molecule has 0 saturated heterocycles. The van der Waals surface area contributed by atoms with Crippen LogP contribution in [0.25, 0.3) is 0 Å². The van der Waals surface area contributed by atoms with Crippen molar-refractivity contribution in [2.75, 3.05) is 18.6 Å². The molecule has 0 aliphatic carbocycles. The maximum atomic E-state index is 11.2. The van der Waals surface area contributed by atoms with Gasteiger partial charge in [-0.2, -0.15) is 0 Å². The first-order valence-electron chi connectivity index (χ1n) is 3.60. The molecule has 1 aromatic rings. The summed E-state index contributed by atoms with van der Waals surface area (Å²) in [5, 5.41) is 2.80. The second-order valence-electron chi connectivity index (χ2n) is 2.63. The maximum absolute atomic E-state index is 11.2. The van der Waals surface area contributed by atoms with E-state index >= 15 is 0 Å². The number of sulfone groups is 1. The Bertz CT molecular complexity index is 459. The Morgan fingerprint density at radius 1 is 1.36 bits per heavy atom. The van der Waals surface area contributed by atoms with Crippen molar-refractivity contribution in [3.63, 3.8) is 0 Å². The Balaban J connectivity index is 3.47. The molecule has 0 aromatic carbocycles. The Kier molecular flexibility index (Phi) is 3.24. The fourth-order valence-corrected chi connectivity index (χ4v) is 2.43. The van der Waals surface area contributed by atoms with Crippen LogP contribution in [0.4, 0.5) is 5.82 Å². The van der Waals surface area contributed by atoms with Gasteiger partial charge in [0.25, 0.3) is 0 Å². The van der Waals surface area contributed by atoms with Crippen molar-refractivity contribution < 1.29 is 8.42 Å². The number of hydrogen-bond donors (Lipinski definition) is 1. The zero-order valence-corrected chi connectivity index (χ0v) is 9.83. The molecule has 0 radical (unpaired) electrons. The quantitative estimate of drug-likeness (QED) is 0.875. The minimum atomic E-state index is -3.42. The zero-order valence-electron chi connectivity index (χ0n) is 7.51. The highest BCUT2D eigenvalue weighted by molar-refractivity contribution is 7.90. The smallest absolute Gasteiger partial charge is 0.194 e. The van der Waals surface area contributed by atoms with Crippen LogP contribution in [0.1, 0.15) is 0 Å². The molecule has 1 heterocycles. The number of hydrogen-bond acceptors (Lipinski definition) is 4. The number of pyridine rings is 1. The third-order valence-corrected chi connectivity index (χ3v) is 3.19. The summed E-state index contributed by atoms with van der Waals surface area (Å²) < 4.78 is 22.4. The predicted octanol–water partition coefficient (Wildman–Crippen LogP) is 1.83. The molecule has 0 spiro atoms. The minimum absolute atomic E-state index is 0.0245. The van der Waals surface area contributed by atoms with Gasteiger partial charge in [-0.1, -0.05) is 23.2 Å². The highest BCUT2D eigenvalue weighted by Crippen LogP contribution is 2.28. The fourth-order valence-electron chi connectivity index (χ4n) is 0.885. The van der Waals surface area contributed by atoms with E-state index in [4.69, 9.17) is 23.2 Å². The van der Waals surface area contributed by atoms with Crippen LogP contribution in [0.3, 0.4) is 0 Å². The summed E-state index contributed by atoms with van der Waals surface area (Å²) in [7, 11) is -1.83. The molecular formula is C7H8Cl2N2O2S. The first kappa shape index (κ1) is 11.6. The standard InChI is InChI=1S/C7H8Cl2N2O2S/c1-10-6-4(8)3-5(9)7(11-6)14(2,12)13/h3H,1-2H3,(H,10,11). The molecule has 0 unspecified atom stereocenters. The highest BCUT2D eigenvalue weighted by atomic mass is 35.5. The molecule has 4 nitrogen and oxygen atoms in total. The summed E-state index contributed by atoms with van der Waals surface area (Å²) in [6.45, 7) is 0. The van der Waals surface area contributed by atoms with Crippen LogP contribution in [0.2, 0.25) is 10.0 Å². The van der Waals surface area contributed by atoms with Crippen LogP contribution < -0.4 is 5.32 Å². The van der Waals surface area contributed by atoms with E-state index in [2.05, 4.69) is 10.3 Å². The van der Waals surface area contributed by atoms with Crippen molar-refractivity contribution >= 4 is 38.9 Å². The first-order chi connectivity index (χ1) is 6.36. The van der Waals surface area contributed by atoms with Gasteiger partial charge in [-0.15, -0.1) is 0 Å². The molecule has 1 rings (SSSR count). The molecular weight excluding hydrogens is 247 g/mol. The van der Waals surface area contributed by atoms with Gasteiger partial charge in [0.15, 0.2) is 14.9 Å². The SMILES string of the molecule is CNc1nc(S(C)(=O)=O)c(Cl)cc1Cl. The molecule has 0 bridgehead atoms. The lowest BCUT2D eigenvalue weighted by Gasteiger charge is -2.06. The van der Waals surface area contributed by atoms with Gasteiger partial charge in [0, 0.05) is 13.3 Å². The summed E-state index contributed by atoms with van der Waals surface area (Å²) in [6, 6.07) is 1.35. The van der Waals surface area contributed by atoms with Crippen molar-refractivity contribution in [3.8, 4) is 0 Å². The third kappa shape index (κ3) is 2.29. The van der Waals surface area contributed by atoms with Crippen LogP contribution in [0.15, 0.2) is 11.1 Å². The van der Waals surface area contributed by atoms with E-state index in [0.717, 1.165) is 6.26 Å². The molecule has 14 heavy (non-hydrogen) atoms. The normalized spacial score (nSPS) is 11.4. The zero-order chi connectivity index (χ0) is 10.9. The van der Waals surface area contributed by atoms with Crippen LogP contribution in [-0.4, -0.2) is 26.7 Å². The maximum Gasteiger partial charge on any atom is 0.194 e. The second kappa shape index (κ2) is 3.92. The number of nitrogens with one attached hydrogen (secondary N) is 1. The van der Waals surface area contributed by atoms with Gasteiger partial charge >= 0.3 is 0 Å². The van der Waals surface area contributed by atoms with Crippen LogP contribution in [0, 0.1) is 0 Å². The Hall–Kier alpha value is -0.520. The summed E-state index contributed by atoms with van der Waals surface area (Å²) >= 11 is 11.4. The number of anilines is 1. The van der Waals surface area contributed by atoms with Crippen LogP contribution in [0.5, 0.6) is 0 Å². The number of aromatic nitrogens is 1. The van der Waals surface area contributed by atoms with Crippen molar-refractivity contribution in [2.45, 2.75) is 5.03 Å². The minimum Gasteiger partial charge on any atom is -0.372 e. The lowest BCUT2D eigenvalue weighted by molar-refractivity contribution is 0.598. The van der Waals surface area contributed by atoms with Gasteiger partial charge in [0.1, 0.15) is 5.82 Å². The molecule has 0 fully saturated rings. The molecule has 1 N–H and O–H groups in total. The van der Waals surface area contributed by atoms with E-state index in [0.29, 0.717) is 0 Å². The van der Waals surface area contributed by atoms with E-state index in [1.54, 1.807) is 7.05 Å². The molecule has 0 atom stereocenters. The van der Waals surface area contributed by atoms with Gasteiger partial charge in [0.05, 0.1) is 10.0 Å². The van der Waals surface area contributed by atoms with Crippen molar-refractivity contribution in [2.24, 2.45) is 0 Å². The molecule has 0 aliphatic heterocycles. The monoisotopic (exact) mass is 254 g/mol. The predicted molar refractivity (Wildman–Crippen MR) is 56.9 cm³/mol. The second-order valence-corrected chi connectivity index (χ2v) is 5.37. The third-order valence-electron chi connectivity index (χ3n) is 1.49. The summed E-state index contributed by atoms with van der Waals surface area (Å²) in [4.78, 5) is 3.80. The molecule has 0 aliphatic rings. The van der Waals surface area contributed by atoms with Crippen LogP contribution >= 0.6 is 23.2 Å².